The van der Waals surface area contributed by atoms with E-state index in [1.165, 1.54) is 12.4 Å². The van der Waals surface area contributed by atoms with Crippen LogP contribution in [0.5, 0.6) is 0 Å². The number of pyridine rings is 1. The maximum atomic E-state index is 10.5. The maximum absolute atomic E-state index is 10.5. The Hall–Kier alpha value is -1.57. The third kappa shape index (κ3) is 2.96. The van der Waals surface area contributed by atoms with E-state index in [0.717, 1.165) is 5.56 Å². The molecule has 16 heavy (non-hydrogen) atoms. The van der Waals surface area contributed by atoms with Crippen LogP contribution in [0.3, 0.4) is 0 Å². The molecule has 76 valence electrons. The van der Waals surface area contributed by atoms with Crippen molar-refractivity contribution in [3.05, 3.63) is 48.0 Å². The van der Waals surface area contributed by atoms with E-state index in [0.29, 0.717) is 6.54 Å². The van der Waals surface area contributed by atoms with Crippen molar-refractivity contribution in [2.45, 2.75) is 6.54 Å². The van der Waals surface area contributed by atoms with Crippen molar-refractivity contribution in [1.29, 1.82) is 0 Å². The summed E-state index contributed by atoms with van der Waals surface area (Å²) in [5.74, 6) is -1.21. The standard InChI is InChI=1S/C10H9N3O2.Li/c14-10(15)9-5-12-13(7-9)6-8-1-3-11-4-2-8;/h1-5,7H,6H2,(H,14,15);/q;+1/p-1. The number of rotatable bonds is 3. The van der Waals surface area contributed by atoms with Gasteiger partial charge in [0.15, 0.2) is 0 Å². The largest absolute Gasteiger partial charge is 1.00 e. The smallest absolute Gasteiger partial charge is 0.545 e. The molecule has 0 saturated carbocycles. The fourth-order valence-electron chi connectivity index (χ4n) is 1.23. The van der Waals surface area contributed by atoms with Crippen molar-refractivity contribution in [2.24, 2.45) is 0 Å². The van der Waals surface area contributed by atoms with Crippen LogP contribution in [0.2, 0.25) is 0 Å². The Balaban J connectivity index is 0.00000128. The molecule has 0 aromatic carbocycles. The van der Waals surface area contributed by atoms with Crippen LogP contribution in [0.1, 0.15) is 15.9 Å². The zero-order chi connectivity index (χ0) is 10.7. The number of carbonyl (C=O) groups excluding carboxylic acids is 1. The summed E-state index contributed by atoms with van der Waals surface area (Å²) in [5, 5.41) is 14.4. The fourth-order valence-corrected chi connectivity index (χ4v) is 1.23. The van der Waals surface area contributed by atoms with Crippen molar-refractivity contribution in [3.8, 4) is 0 Å². The molecule has 0 spiro atoms. The predicted molar refractivity (Wildman–Crippen MR) is 49.9 cm³/mol. The van der Waals surface area contributed by atoms with Gasteiger partial charge in [-0.15, -0.1) is 0 Å². The number of nitrogens with zero attached hydrogens (tertiary/aromatic N) is 3. The molecule has 0 fully saturated rings. The molecular weight excluding hydrogens is 201 g/mol. The molecule has 5 nitrogen and oxygen atoms in total. The summed E-state index contributed by atoms with van der Waals surface area (Å²) in [6.07, 6.45) is 6.07. The number of hydrogen-bond donors (Lipinski definition) is 0. The molecule has 0 radical (unpaired) electrons. The zero-order valence-corrected chi connectivity index (χ0v) is 8.83. The van der Waals surface area contributed by atoms with E-state index < -0.39 is 5.97 Å². The number of carboxylic acids is 1. The third-order valence-electron chi connectivity index (χ3n) is 1.96. The van der Waals surface area contributed by atoms with Gasteiger partial charge in [-0.05, 0) is 17.7 Å². The van der Waals surface area contributed by atoms with Gasteiger partial charge in [-0.25, -0.2) is 0 Å². The van der Waals surface area contributed by atoms with Crippen LogP contribution in [0.25, 0.3) is 0 Å². The summed E-state index contributed by atoms with van der Waals surface area (Å²) in [7, 11) is 0. The molecule has 0 saturated heterocycles. The summed E-state index contributed by atoms with van der Waals surface area (Å²) < 4.78 is 1.54. The molecule has 0 aliphatic rings. The SMILES string of the molecule is O=C([O-])c1cnn(Cc2ccncc2)c1.[Li+]. The van der Waals surface area contributed by atoms with Gasteiger partial charge in [0.1, 0.15) is 0 Å². The van der Waals surface area contributed by atoms with Gasteiger partial charge in [0, 0.05) is 24.2 Å². The van der Waals surface area contributed by atoms with E-state index in [9.17, 15) is 9.90 Å². The van der Waals surface area contributed by atoms with Gasteiger partial charge in [0.2, 0.25) is 0 Å². The number of aromatic carboxylic acids is 1. The molecule has 2 aromatic heterocycles. The molecule has 2 heterocycles. The van der Waals surface area contributed by atoms with Crippen molar-refractivity contribution in [2.75, 3.05) is 0 Å². The van der Waals surface area contributed by atoms with Crippen LogP contribution in [-0.2, 0) is 6.54 Å². The molecule has 6 heteroatoms. The molecule has 2 rings (SSSR count). The minimum atomic E-state index is -1.21. The topological polar surface area (TPSA) is 70.8 Å². The van der Waals surface area contributed by atoms with Gasteiger partial charge >= 0.3 is 18.9 Å². The van der Waals surface area contributed by atoms with Crippen molar-refractivity contribution in [1.82, 2.24) is 14.8 Å². The normalized spacial score (nSPS) is 9.50. The Kier molecular flexibility index (Phi) is 4.29. The van der Waals surface area contributed by atoms with E-state index >= 15 is 0 Å². The molecule has 0 bridgehead atoms. The molecule has 0 N–H and O–H groups in total. The van der Waals surface area contributed by atoms with Crippen molar-refractivity contribution < 1.29 is 28.8 Å². The monoisotopic (exact) mass is 209 g/mol. The Labute approximate surface area is 104 Å². The first kappa shape index (κ1) is 12.5. The number of carboxylic acid groups (broad SMARTS) is 1. The Morgan fingerprint density at radius 2 is 2.06 bits per heavy atom. The summed E-state index contributed by atoms with van der Waals surface area (Å²) in [5.41, 5.74) is 1.10. The first-order chi connectivity index (χ1) is 7.25. The van der Waals surface area contributed by atoms with Crippen molar-refractivity contribution in [3.63, 3.8) is 0 Å². The van der Waals surface area contributed by atoms with E-state index in [4.69, 9.17) is 0 Å². The summed E-state index contributed by atoms with van der Waals surface area (Å²) >= 11 is 0. The Morgan fingerprint density at radius 3 is 2.62 bits per heavy atom. The quantitative estimate of drug-likeness (QED) is 0.496. The first-order valence-corrected chi connectivity index (χ1v) is 4.38. The molecule has 0 unspecified atom stereocenters. The minimum absolute atomic E-state index is 0. The predicted octanol–water partition coefficient (Wildman–Crippen LogP) is -3.31. The average molecular weight is 209 g/mol. The second kappa shape index (κ2) is 5.49. The van der Waals surface area contributed by atoms with Gasteiger partial charge < -0.3 is 9.90 Å². The number of carbonyl (C=O) groups is 1. The van der Waals surface area contributed by atoms with Crippen LogP contribution in [0.15, 0.2) is 36.9 Å². The summed E-state index contributed by atoms with van der Waals surface area (Å²) in [6.45, 7) is 0.524. The Bertz CT molecular complexity index is 470. The molecular formula is C10H8LiN3O2. The second-order valence-corrected chi connectivity index (χ2v) is 3.07. The maximum Gasteiger partial charge on any atom is 1.00 e. The molecule has 0 atom stereocenters. The van der Waals surface area contributed by atoms with Gasteiger partial charge in [0.05, 0.1) is 18.7 Å². The molecule has 0 amide bonds. The summed E-state index contributed by atoms with van der Waals surface area (Å²) in [4.78, 5) is 14.4. The second-order valence-electron chi connectivity index (χ2n) is 3.07. The molecule has 0 aliphatic carbocycles. The van der Waals surface area contributed by atoms with Crippen LogP contribution >= 0.6 is 0 Å². The molecule has 2 aromatic rings. The first-order valence-electron chi connectivity index (χ1n) is 4.38. The van der Waals surface area contributed by atoms with Crippen molar-refractivity contribution >= 4 is 5.97 Å². The van der Waals surface area contributed by atoms with Gasteiger partial charge in [-0.1, -0.05) is 0 Å². The van der Waals surface area contributed by atoms with E-state index in [2.05, 4.69) is 10.1 Å². The minimum Gasteiger partial charge on any atom is -0.545 e. The van der Waals surface area contributed by atoms with Gasteiger partial charge in [-0.3, -0.25) is 9.67 Å². The number of hydrogen-bond acceptors (Lipinski definition) is 4. The van der Waals surface area contributed by atoms with Crippen LogP contribution < -0.4 is 24.0 Å². The van der Waals surface area contributed by atoms with Crippen LogP contribution in [0, 0.1) is 0 Å². The van der Waals surface area contributed by atoms with Crippen LogP contribution in [0.4, 0.5) is 0 Å². The Morgan fingerprint density at radius 1 is 1.38 bits per heavy atom. The van der Waals surface area contributed by atoms with Crippen LogP contribution in [-0.4, -0.2) is 20.7 Å². The fraction of sp³-hybridized carbons (Fsp3) is 0.100. The van der Waals surface area contributed by atoms with E-state index in [-0.39, 0.29) is 24.4 Å². The van der Waals surface area contributed by atoms with E-state index in [1.807, 2.05) is 12.1 Å². The summed E-state index contributed by atoms with van der Waals surface area (Å²) in [6, 6.07) is 3.70. The number of aromatic nitrogens is 3. The van der Waals surface area contributed by atoms with Gasteiger partial charge in [-0.2, -0.15) is 5.10 Å². The molecule has 0 aliphatic heterocycles. The average Bonchev–Trinajstić information content (AvgIpc) is 2.68. The zero-order valence-electron chi connectivity index (χ0n) is 8.83. The van der Waals surface area contributed by atoms with E-state index in [1.54, 1.807) is 17.1 Å². The third-order valence-corrected chi connectivity index (χ3v) is 1.96. The van der Waals surface area contributed by atoms with Gasteiger partial charge in [0.25, 0.3) is 0 Å².